The first kappa shape index (κ1) is 21.5. The maximum Gasteiger partial charge on any atom is 0.143 e. The minimum atomic E-state index is -0.483. The first-order valence-electron chi connectivity index (χ1n) is 9.41. The summed E-state index contributed by atoms with van der Waals surface area (Å²) < 4.78 is 6.14. The Labute approximate surface area is 169 Å². The molecule has 0 heterocycles. The molecular formula is C22H31ClN2O2. The van der Waals surface area contributed by atoms with Gasteiger partial charge < -0.3 is 20.1 Å². The lowest BCUT2D eigenvalue weighted by Gasteiger charge is -2.35. The number of nitrogens with zero attached hydrogens (tertiary/aromatic N) is 1. The predicted molar refractivity (Wildman–Crippen MR) is 114 cm³/mol. The third kappa shape index (κ3) is 4.95. The summed E-state index contributed by atoms with van der Waals surface area (Å²) >= 11 is 0. The summed E-state index contributed by atoms with van der Waals surface area (Å²) in [6.07, 6.45) is 1.38. The molecule has 0 spiro atoms. The van der Waals surface area contributed by atoms with Crippen LogP contribution in [0.4, 0.5) is 5.69 Å². The fraction of sp³-hybridized carbons (Fsp3) is 0.455. The van der Waals surface area contributed by atoms with Crippen molar-refractivity contribution in [3.8, 4) is 5.75 Å². The van der Waals surface area contributed by atoms with Gasteiger partial charge in [0.2, 0.25) is 0 Å². The standard InChI is InChI=1S/C22H30N2O2.ClH/c1-15(2)23-19-12-10-17-18(22(19)25)11-13-20(21(17)24(3)4)26-14-16-8-6-5-7-9-16;/h5-9,11,13,15,19,22-23,25H,10,12,14H2,1-4H3;1H/t19-,22-;/m1./s1. The Bertz CT molecular complexity index is 735. The van der Waals surface area contributed by atoms with E-state index in [9.17, 15) is 5.11 Å². The second-order valence-electron chi connectivity index (χ2n) is 7.56. The highest BCUT2D eigenvalue weighted by Gasteiger charge is 2.31. The molecule has 148 valence electrons. The molecule has 0 bridgehead atoms. The summed E-state index contributed by atoms with van der Waals surface area (Å²) in [5, 5.41) is 14.3. The summed E-state index contributed by atoms with van der Waals surface area (Å²) in [5.74, 6) is 0.875. The average molecular weight is 391 g/mol. The average Bonchev–Trinajstić information content (AvgIpc) is 2.62. The van der Waals surface area contributed by atoms with E-state index in [0.29, 0.717) is 12.6 Å². The number of hydrogen-bond donors (Lipinski definition) is 2. The minimum absolute atomic E-state index is 0. The molecule has 0 radical (unpaired) electrons. The number of hydrogen-bond acceptors (Lipinski definition) is 4. The zero-order chi connectivity index (χ0) is 18.7. The van der Waals surface area contributed by atoms with E-state index in [-0.39, 0.29) is 18.4 Å². The fourth-order valence-electron chi connectivity index (χ4n) is 3.79. The number of ether oxygens (including phenoxy) is 1. The van der Waals surface area contributed by atoms with Crippen LogP contribution in [0.2, 0.25) is 0 Å². The molecule has 0 saturated carbocycles. The third-order valence-electron chi connectivity index (χ3n) is 4.92. The molecule has 1 aliphatic rings. The van der Waals surface area contributed by atoms with Crippen molar-refractivity contribution >= 4 is 18.1 Å². The molecule has 0 aliphatic heterocycles. The second kappa shape index (κ2) is 9.45. The van der Waals surface area contributed by atoms with Gasteiger partial charge in [0.15, 0.2) is 0 Å². The van der Waals surface area contributed by atoms with E-state index in [1.165, 1.54) is 5.56 Å². The van der Waals surface area contributed by atoms with E-state index in [1.54, 1.807) is 0 Å². The molecule has 0 saturated heterocycles. The van der Waals surface area contributed by atoms with Gasteiger partial charge in [-0.2, -0.15) is 0 Å². The van der Waals surface area contributed by atoms with Crippen LogP contribution in [0.15, 0.2) is 42.5 Å². The fourth-order valence-corrected chi connectivity index (χ4v) is 3.79. The highest BCUT2D eigenvalue weighted by atomic mass is 35.5. The van der Waals surface area contributed by atoms with Crippen molar-refractivity contribution in [3.05, 3.63) is 59.2 Å². The highest BCUT2D eigenvalue weighted by Crippen LogP contribution is 2.41. The van der Waals surface area contributed by atoms with E-state index in [1.807, 2.05) is 44.4 Å². The van der Waals surface area contributed by atoms with Crippen LogP contribution >= 0.6 is 12.4 Å². The summed E-state index contributed by atoms with van der Waals surface area (Å²) in [4.78, 5) is 2.10. The molecule has 4 nitrogen and oxygen atoms in total. The Hall–Kier alpha value is -1.75. The smallest absolute Gasteiger partial charge is 0.143 e. The third-order valence-corrected chi connectivity index (χ3v) is 4.92. The molecule has 27 heavy (non-hydrogen) atoms. The number of aliphatic hydroxyl groups is 1. The van der Waals surface area contributed by atoms with Crippen LogP contribution in [0.5, 0.6) is 5.75 Å². The van der Waals surface area contributed by atoms with Gasteiger partial charge >= 0.3 is 0 Å². The van der Waals surface area contributed by atoms with Crippen molar-refractivity contribution in [3.63, 3.8) is 0 Å². The van der Waals surface area contributed by atoms with Crippen molar-refractivity contribution in [1.82, 2.24) is 5.32 Å². The van der Waals surface area contributed by atoms with Crippen LogP contribution in [0, 0.1) is 0 Å². The monoisotopic (exact) mass is 390 g/mol. The van der Waals surface area contributed by atoms with Crippen LogP contribution in [-0.2, 0) is 13.0 Å². The maximum atomic E-state index is 10.9. The zero-order valence-electron chi connectivity index (χ0n) is 16.6. The van der Waals surface area contributed by atoms with Gasteiger partial charge in [-0.1, -0.05) is 50.2 Å². The van der Waals surface area contributed by atoms with Crippen molar-refractivity contribution in [1.29, 1.82) is 0 Å². The van der Waals surface area contributed by atoms with Gasteiger partial charge in [-0.25, -0.2) is 0 Å². The Kier molecular flexibility index (Phi) is 7.54. The SMILES string of the molecule is CC(C)N[C@@H]1CCc2c(ccc(OCc3ccccc3)c2N(C)C)[C@H]1O.Cl. The van der Waals surface area contributed by atoms with E-state index < -0.39 is 6.10 Å². The predicted octanol–water partition coefficient (Wildman–Crippen LogP) is 4.10. The lowest BCUT2D eigenvalue weighted by Crippen LogP contribution is -2.42. The Balaban J connectivity index is 0.00000261. The Morgan fingerprint density at radius 1 is 1.15 bits per heavy atom. The topological polar surface area (TPSA) is 44.7 Å². The van der Waals surface area contributed by atoms with Crippen molar-refractivity contribution in [2.24, 2.45) is 0 Å². The second-order valence-corrected chi connectivity index (χ2v) is 7.56. The molecule has 0 amide bonds. The molecule has 0 fully saturated rings. The zero-order valence-corrected chi connectivity index (χ0v) is 17.4. The van der Waals surface area contributed by atoms with Gasteiger partial charge in [0, 0.05) is 26.2 Å². The first-order chi connectivity index (χ1) is 12.5. The summed E-state index contributed by atoms with van der Waals surface area (Å²) in [7, 11) is 4.08. The number of aliphatic hydroxyl groups excluding tert-OH is 1. The molecule has 2 aromatic rings. The molecule has 3 rings (SSSR count). The van der Waals surface area contributed by atoms with Crippen LogP contribution in [0.25, 0.3) is 0 Å². The summed E-state index contributed by atoms with van der Waals surface area (Å²) in [5.41, 5.74) is 4.46. The van der Waals surface area contributed by atoms with E-state index in [2.05, 4.69) is 36.2 Å². The van der Waals surface area contributed by atoms with Crippen LogP contribution in [0.3, 0.4) is 0 Å². The largest absolute Gasteiger partial charge is 0.487 e. The number of nitrogens with one attached hydrogen (secondary N) is 1. The number of halogens is 1. The van der Waals surface area contributed by atoms with E-state index in [0.717, 1.165) is 35.4 Å². The van der Waals surface area contributed by atoms with Crippen LogP contribution in [-0.4, -0.2) is 31.3 Å². The number of fused-ring (bicyclic) bond motifs is 1. The summed E-state index contributed by atoms with van der Waals surface area (Å²) in [6.45, 7) is 4.78. The van der Waals surface area contributed by atoms with Gasteiger partial charge in [-0.15, -0.1) is 12.4 Å². The van der Waals surface area contributed by atoms with Gasteiger partial charge in [-0.3, -0.25) is 0 Å². The maximum absolute atomic E-state index is 10.9. The van der Waals surface area contributed by atoms with Gasteiger partial charge in [-0.05, 0) is 35.6 Å². The van der Waals surface area contributed by atoms with E-state index >= 15 is 0 Å². The molecular weight excluding hydrogens is 360 g/mol. The number of benzene rings is 2. The molecule has 5 heteroatoms. The molecule has 0 unspecified atom stereocenters. The van der Waals surface area contributed by atoms with Crippen LogP contribution < -0.4 is 15.0 Å². The van der Waals surface area contributed by atoms with E-state index in [4.69, 9.17) is 4.74 Å². The van der Waals surface area contributed by atoms with Crippen molar-refractivity contribution in [2.75, 3.05) is 19.0 Å². The normalized spacial score (nSPS) is 18.6. The summed E-state index contributed by atoms with van der Waals surface area (Å²) in [6, 6.07) is 14.7. The van der Waals surface area contributed by atoms with Gasteiger partial charge in [0.1, 0.15) is 12.4 Å². The first-order valence-corrected chi connectivity index (χ1v) is 9.41. The quantitative estimate of drug-likeness (QED) is 0.779. The van der Waals surface area contributed by atoms with Gasteiger partial charge in [0.25, 0.3) is 0 Å². The van der Waals surface area contributed by atoms with Crippen molar-refractivity contribution < 1.29 is 9.84 Å². The lowest BCUT2D eigenvalue weighted by molar-refractivity contribution is 0.110. The Morgan fingerprint density at radius 2 is 1.85 bits per heavy atom. The minimum Gasteiger partial charge on any atom is -0.487 e. The number of rotatable bonds is 6. The molecule has 1 aliphatic carbocycles. The molecule has 2 aromatic carbocycles. The number of anilines is 1. The molecule has 0 aromatic heterocycles. The lowest BCUT2D eigenvalue weighted by atomic mass is 9.84. The van der Waals surface area contributed by atoms with Crippen LogP contribution in [0.1, 0.15) is 43.1 Å². The van der Waals surface area contributed by atoms with Gasteiger partial charge in [0.05, 0.1) is 11.8 Å². The van der Waals surface area contributed by atoms with Crippen molar-refractivity contribution in [2.45, 2.75) is 51.5 Å². The highest BCUT2D eigenvalue weighted by molar-refractivity contribution is 5.85. The molecule has 2 N–H and O–H groups in total. The Morgan fingerprint density at radius 3 is 2.48 bits per heavy atom. The molecule has 2 atom stereocenters.